The lowest BCUT2D eigenvalue weighted by Crippen LogP contribution is -2.51. The largest absolute Gasteiger partial charge is 0.416 e. The molecule has 11 heteroatoms. The number of primary amides is 1. The van der Waals surface area contributed by atoms with E-state index in [4.69, 9.17) is 5.73 Å². The van der Waals surface area contributed by atoms with Crippen molar-refractivity contribution in [3.8, 4) is 0 Å². The summed E-state index contributed by atoms with van der Waals surface area (Å²) in [6, 6.07) is 1.60. The molecule has 0 radical (unpaired) electrons. The van der Waals surface area contributed by atoms with E-state index in [1.54, 1.807) is 0 Å². The maximum absolute atomic E-state index is 12.7. The summed E-state index contributed by atoms with van der Waals surface area (Å²) in [5.41, 5.74) is 4.26. The number of rotatable bonds is 3. The molecule has 2 amide bonds. The molecule has 25 heavy (non-hydrogen) atoms. The van der Waals surface area contributed by atoms with Gasteiger partial charge in [0.2, 0.25) is 21.8 Å². The van der Waals surface area contributed by atoms with E-state index in [9.17, 15) is 31.2 Å². The summed E-state index contributed by atoms with van der Waals surface area (Å²) in [6.07, 6.45) is -4.77. The lowest BCUT2D eigenvalue weighted by Gasteiger charge is -2.27. The number of halogens is 3. The Morgan fingerprint density at radius 1 is 1.24 bits per heavy atom. The van der Waals surface area contributed by atoms with Crippen molar-refractivity contribution in [3.05, 3.63) is 29.8 Å². The average Bonchev–Trinajstić information content (AvgIpc) is 2.67. The zero-order valence-electron chi connectivity index (χ0n) is 13.2. The minimum Gasteiger partial charge on any atom is -0.368 e. The fourth-order valence-corrected chi connectivity index (χ4v) is 4.06. The molecule has 2 rings (SSSR count). The minimum atomic E-state index is -4.60. The van der Waals surface area contributed by atoms with Crippen molar-refractivity contribution in [2.45, 2.75) is 23.5 Å². The molecule has 0 aliphatic carbocycles. The van der Waals surface area contributed by atoms with Gasteiger partial charge in [0, 0.05) is 26.6 Å². The molecule has 7 nitrogen and oxygen atoms in total. The quantitative estimate of drug-likeness (QED) is 0.822. The number of carbonyl (C=O) groups is 2. The number of likely N-dealkylation sites (N-methyl/N-ethyl adjacent to an activating group) is 1. The molecule has 1 aliphatic heterocycles. The molecule has 1 aliphatic rings. The van der Waals surface area contributed by atoms with E-state index in [0.717, 1.165) is 16.4 Å². The molecule has 0 saturated carbocycles. The normalized spacial score (nSPS) is 20.4. The minimum absolute atomic E-state index is 0.167. The van der Waals surface area contributed by atoms with E-state index >= 15 is 0 Å². The fourth-order valence-electron chi connectivity index (χ4n) is 2.48. The first-order valence-electron chi connectivity index (χ1n) is 7.17. The Hall–Kier alpha value is -2.14. The number of amides is 2. The Morgan fingerprint density at radius 2 is 1.80 bits per heavy atom. The molecular formula is C14H16F3N3O4S. The van der Waals surface area contributed by atoms with Gasteiger partial charge < -0.3 is 10.6 Å². The lowest BCUT2D eigenvalue weighted by atomic mass is 10.2. The Bertz CT molecular complexity index is 778. The summed E-state index contributed by atoms with van der Waals surface area (Å²) in [4.78, 5) is 24.2. The van der Waals surface area contributed by atoms with Crippen LogP contribution in [0.1, 0.15) is 12.0 Å². The van der Waals surface area contributed by atoms with Gasteiger partial charge in [-0.05, 0) is 24.3 Å². The van der Waals surface area contributed by atoms with Crippen molar-refractivity contribution in [2.24, 2.45) is 5.73 Å². The van der Waals surface area contributed by atoms with Crippen LogP contribution in [0.25, 0.3) is 0 Å². The third kappa shape index (κ3) is 3.93. The monoisotopic (exact) mass is 379 g/mol. The third-order valence-corrected chi connectivity index (χ3v) is 5.81. The van der Waals surface area contributed by atoms with Crippen LogP contribution in [0.2, 0.25) is 0 Å². The van der Waals surface area contributed by atoms with E-state index in [0.29, 0.717) is 12.1 Å². The van der Waals surface area contributed by atoms with E-state index in [2.05, 4.69) is 0 Å². The van der Waals surface area contributed by atoms with Crippen LogP contribution >= 0.6 is 0 Å². The van der Waals surface area contributed by atoms with Crippen molar-refractivity contribution in [2.75, 3.05) is 20.1 Å². The van der Waals surface area contributed by atoms with Gasteiger partial charge >= 0.3 is 6.18 Å². The van der Waals surface area contributed by atoms with Crippen LogP contribution in [0.5, 0.6) is 0 Å². The Labute approximate surface area is 142 Å². The highest BCUT2D eigenvalue weighted by Gasteiger charge is 2.39. The number of nitrogens with two attached hydrogens (primary N) is 1. The van der Waals surface area contributed by atoms with Gasteiger partial charge in [-0.3, -0.25) is 9.59 Å². The number of nitrogens with zero attached hydrogens (tertiary/aromatic N) is 2. The Balaban J connectivity index is 2.42. The molecule has 138 valence electrons. The van der Waals surface area contributed by atoms with Crippen molar-refractivity contribution in [3.63, 3.8) is 0 Å². The second-order valence-electron chi connectivity index (χ2n) is 5.58. The molecular weight excluding hydrogens is 363 g/mol. The van der Waals surface area contributed by atoms with E-state index in [1.165, 1.54) is 11.9 Å². The summed E-state index contributed by atoms with van der Waals surface area (Å²) < 4.78 is 64.1. The standard InChI is InChI=1S/C14H16F3N3O4S/c1-19-8-11(13(18)22)20(7-6-12(19)21)25(23,24)10-4-2-9(3-5-10)14(15,16)17/h2-5,11H,6-8H2,1H3,(H2,18,22). The number of carbonyl (C=O) groups excluding carboxylic acids is 2. The third-order valence-electron chi connectivity index (χ3n) is 3.88. The Morgan fingerprint density at radius 3 is 2.28 bits per heavy atom. The van der Waals surface area contributed by atoms with Gasteiger partial charge in [-0.1, -0.05) is 0 Å². The van der Waals surface area contributed by atoms with Crippen LogP contribution in [-0.4, -0.2) is 55.6 Å². The highest BCUT2D eigenvalue weighted by Crippen LogP contribution is 2.30. The van der Waals surface area contributed by atoms with E-state index in [1.807, 2.05) is 0 Å². The molecule has 2 N–H and O–H groups in total. The summed E-state index contributed by atoms with van der Waals surface area (Å²) in [5, 5.41) is 0. The maximum Gasteiger partial charge on any atom is 0.416 e. The van der Waals surface area contributed by atoms with Gasteiger partial charge in [-0.25, -0.2) is 8.42 Å². The molecule has 0 spiro atoms. The Kier molecular flexibility index (Phi) is 5.09. The average molecular weight is 379 g/mol. The molecule has 1 atom stereocenters. The van der Waals surface area contributed by atoms with Crippen LogP contribution < -0.4 is 5.73 Å². The second kappa shape index (κ2) is 6.64. The summed E-state index contributed by atoms with van der Waals surface area (Å²) in [5.74, 6) is -1.31. The van der Waals surface area contributed by atoms with Gasteiger partial charge in [-0.2, -0.15) is 17.5 Å². The van der Waals surface area contributed by atoms with Crippen molar-refractivity contribution < 1.29 is 31.2 Å². The first-order chi connectivity index (χ1) is 11.4. The molecule has 1 fully saturated rings. The number of alkyl halides is 3. The van der Waals surface area contributed by atoms with Crippen molar-refractivity contribution >= 4 is 21.8 Å². The van der Waals surface area contributed by atoms with Crippen LogP contribution in [0.15, 0.2) is 29.2 Å². The summed E-state index contributed by atoms with van der Waals surface area (Å²) >= 11 is 0. The predicted octanol–water partition coefficient (Wildman–Crippen LogP) is 0.412. The fraction of sp³-hybridized carbons (Fsp3) is 0.429. The number of hydrogen-bond acceptors (Lipinski definition) is 4. The van der Waals surface area contributed by atoms with Gasteiger partial charge in [-0.15, -0.1) is 0 Å². The second-order valence-corrected chi connectivity index (χ2v) is 7.47. The smallest absolute Gasteiger partial charge is 0.368 e. The number of benzene rings is 1. The van der Waals surface area contributed by atoms with Gasteiger partial charge in [0.15, 0.2) is 0 Å². The van der Waals surface area contributed by atoms with Crippen LogP contribution in [0.3, 0.4) is 0 Å². The zero-order chi connectivity index (χ0) is 19.0. The van der Waals surface area contributed by atoms with Crippen molar-refractivity contribution in [1.29, 1.82) is 0 Å². The van der Waals surface area contributed by atoms with Gasteiger partial charge in [0.05, 0.1) is 10.5 Å². The van der Waals surface area contributed by atoms with Gasteiger partial charge in [0.25, 0.3) is 0 Å². The molecule has 1 heterocycles. The molecule has 1 saturated heterocycles. The SMILES string of the molecule is CN1CC(C(N)=O)N(S(=O)(=O)c2ccc(C(F)(F)F)cc2)CCC1=O. The zero-order valence-corrected chi connectivity index (χ0v) is 14.0. The van der Waals surface area contributed by atoms with E-state index < -0.39 is 38.6 Å². The number of sulfonamides is 1. The van der Waals surface area contributed by atoms with Crippen molar-refractivity contribution in [1.82, 2.24) is 9.21 Å². The molecule has 1 aromatic rings. The predicted molar refractivity (Wildman–Crippen MR) is 80.6 cm³/mol. The highest BCUT2D eigenvalue weighted by molar-refractivity contribution is 7.89. The highest BCUT2D eigenvalue weighted by atomic mass is 32.2. The van der Waals surface area contributed by atoms with Crippen LogP contribution in [0, 0.1) is 0 Å². The maximum atomic E-state index is 12.7. The van der Waals surface area contributed by atoms with Crippen LogP contribution in [0.4, 0.5) is 13.2 Å². The van der Waals surface area contributed by atoms with Gasteiger partial charge in [0.1, 0.15) is 6.04 Å². The first kappa shape index (κ1) is 19.2. The molecule has 0 aromatic heterocycles. The number of hydrogen-bond donors (Lipinski definition) is 1. The molecule has 1 aromatic carbocycles. The lowest BCUT2D eigenvalue weighted by molar-refractivity contribution is -0.137. The van der Waals surface area contributed by atoms with Crippen LogP contribution in [-0.2, 0) is 25.8 Å². The first-order valence-corrected chi connectivity index (χ1v) is 8.61. The summed E-state index contributed by atoms with van der Waals surface area (Å²) in [6.45, 7) is -0.520. The molecule has 0 bridgehead atoms. The summed E-state index contributed by atoms with van der Waals surface area (Å²) in [7, 11) is -2.89. The van der Waals surface area contributed by atoms with E-state index in [-0.39, 0.29) is 25.4 Å². The topological polar surface area (TPSA) is 101 Å². The molecule has 1 unspecified atom stereocenters.